The van der Waals surface area contributed by atoms with E-state index in [2.05, 4.69) is 13.8 Å². The number of aliphatic carboxylic acids is 1. The van der Waals surface area contributed by atoms with E-state index in [1.807, 2.05) is 0 Å². The monoisotopic (exact) mass is 343 g/mol. The molecule has 4 aliphatic carbocycles. The number of carbonyl (C=O) groups excluding carboxylic acids is 2. The van der Waals surface area contributed by atoms with Gasteiger partial charge in [-0.25, -0.2) is 0 Å². The molecule has 0 spiro atoms. The number of hydrogen-bond acceptors (Lipinski definition) is 3. The molecule has 0 aliphatic heterocycles. The van der Waals surface area contributed by atoms with Crippen molar-refractivity contribution in [1.82, 2.24) is 0 Å². The van der Waals surface area contributed by atoms with Crippen molar-refractivity contribution in [3.63, 3.8) is 0 Å². The van der Waals surface area contributed by atoms with Crippen molar-refractivity contribution in [2.75, 3.05) is 0 Å². The molecule has 0 aromatic carbocycles. The van der Waals surface area contributed by atoms with E-state index < -0.39 is 5.97 Å². The molecule has 25 heavy (non-hydrogen) atoms. The van der Waals surface area contributed by atoms with E-state index in [0.717, 1.165) is 32.1 Å². The standard InChI is InChI=1S/C21H27O4/c1-20-8-7-17-15(16(20)5-6-18(20)23)4-3-12-9-14(22)10-13(11-19(24)25)21(12,17)2/h10-12,15-17H,3-9H2,1-2H3,(H,24,25)/t12?,15-,16-,17-,20-,21+/m0/s1. The average molecular weight is 343 g/mol. The molecule has 4 nitrogen and oxygen atoms in total. The first-order valence-electron chi connectivity index (χ1n) is 9.63. The van der Waals surface area contributed by atoms with Crippen molar-refractivity contribution in [3.8, 4) is 0 Å². The molecule has 3 fully saturated rings. The van der Waals surface area contributed by atoms with E-state index in [9.17, 15) is 19.5 Å². The SMILES string of the molecule is C[C@]12C([CH]C(=O)O)=CC(=O)CC1CC[C@@H]1[C@@H]2CC[C@]2(C)C(=O)CC[C@@H]12. The number of carboxylic acid groups (broad SMARTS) is 1. The normalized spacial score (nSPS) is 46.1. The number of fused-ring (bicyclic) bond motifs is 5. The Hall–Kier alpha value is -1.45. The molecule has 1 unspecified atom stereocenters. The van der Waals surface area contributed by atoms with Crippen molar-refractivity contribution in [2.24, 2.45) is 34.5 Å². The molecule has 6 atom stereocenters. The summed E-state index contributed by atoms with van der Waals surface area (Å²) >= 11 is 0. The Morgan fingerprint density at radius 2 is 1.92 bits per heavy atom. The molecule has 0 saturated heterocycles. The summed E-state index contributed by atoms with van der Waals surface area (Å²) in [6.07, 6.45) is 8.99. The molecule has 3 saturated carbocycles. The lowest BCUT2D eigenvalue weighted by molar-refractivity contribution is -0.136. The van der Waals surface area contributed by atoms with Gasteiger partial charge in [0.1, 0.15) is 5.78 Å². The molecular formula is C21H27O4. The highest BCUT2D eigenvalue weighted by atomic mass is 16.4. The molecule has 135 valence electrons. The van der Waals surface area contributed by atoms with Crippen molar-refractivity contribution in [1.29, 1.82) is 0 Å². The van der Waals surface area contributed by atoms with Crippen LogP contribution in [0.15, 0.2) is 11.6 Å². The molecule has 0 aromatic heterocycles. The van der Waals surface area contributed by atoms with Crippen molar-refractivity contribution in [2.45, 2.75) is 58.8 Å². The summed E-state index contributed by atoms with van der Waals surface area (Å²) in [5.41, 5.74) is 0.293. The second-order valence-electron chi connectivity index (χ2n) is 9.10. The van der Waals surface area contributed by atoms with Crippen LogP contribution >= 0.6 is 0 Å². The van der Waals surface area contributed by atoms with Gasteiger partial charge in [-0.05, 0) is 72.8 Å². The van der Waals surface area contributed by atoms with Gasteiger partial charge in [0, 0.05) is 18.3 Å². The molecule has 1 N–H and O–H groups in total. The molecule has 1 radical (unpaired) electrons. The van der Waals surface area contributed by atoms with Crippen LogP contribution < -0.4 is 0 Å². The van der Waals surface area contributed by atoms with Gasteiger partial charge < -0.3 is 5.11 Å². The van der Waals surface area contributed by atoms with Crippen molar-refractivity contribution >= 4 is 17.5 Å². The number of carboxylic acids is 1. The van der Waals surface area contributed by atoms with Gasteiger partial charge in [-0.1, -0.05) is 13.8 Å². The topological polar surface area (TPSA) is 71.4 Å². The van der Waals surface area contributed by atoms with Crippen LogP contribution in [0, 0.1) is 40.9 Å². The summed E-state index contributed by atoms with van der Waals surface area (Å²) in [6.45, 7) is 4.34. The van der Waals surface area contributed by atoms with Crippen LogP contribution in [0.2, 0.25) is 0 Å². The van der Waals surface area contributed by atoms with E-state index in [1.165, 1.54) is 6.42 Å². The zero-order valence-electron chi connectivity index (χ0n) is 15.1. The second-order valence-corrected chi connectivity index (χ2v) is 9.10. The number of allylic oxidation sites excluding steroid dienone is 1. The third-order valence-electron chi connectivity index (χ3n) is 8.28. The number of ketones is 2. The van der Waals surface area contributed by atoms with Crippen LogP contribution in [-0.4, -0.2) is 22.6 Å². The Kier molecular flexibility index (Phi) is 3.75. The minimum absolute atomic E-state index is 0.0603. The van der Waals surface area contributed by atoms with Gasteiger partial charge in [0.15, 0.2) is 5.78 Å². The smallest absolute Gasteiger partial charge is 0.311 e. The van der Waals surface area contributed by atoms with Crippen LogP contribution in [0.5, 0.6) is 0 Å². The summed E-state index contributed by atoms with van der Waals surface area (Å²) in [6, 6.07) is 0. The first-order valence-corrected chi connectivity index (χ1v) is 9.63. The van der Waals surface area contributed by atoms with E-state index >= 15 is 0 Å². The summed E-state index contributed by atoms with van der Waals surface area (Å²) in [5.74, 6) is 1.04. The van der Waals surface area contributed by atoms with Crippen LogP contribution in [0.25, 0.3) is 0 Å². The first-order chi connectivity index (χ1) is 11.8. The van der Waals surface area contributed by atoms with Crippen molar-refractivity contribution in [3.05, 3.63) is 18.1 Å². The van der Waals surface area contributed by atoms with Gasteiger partial charge in [0.25, 0.3) is 0 Å². The Bertz CT molecular complexity index is 677. The fourth-order valence-corrected chi connectivity index (χ4v) is 6.93. The van der Waals surface area contributed by atoms with Crippen molar-refractivity contribution < 1.29 is 19.5 Å². The molecular weight excluding hydrogens is 316 g/mol. The van der Waals surface area contributed by atoms with E-state index in [1.54, 1.807) is 6.08 Å². The molecule has 0 aromatic rings. The summed E-state index contributed by atoms with van der Waals surface area (Å²) in [5, 5.41) is 9.33. The summed E-state index contributed by atoms with van der Waals surface area (Å²) < 4.78 is 0. The van der Waals surface area contributed by atoms with Gasteiger partial charge in [-0.3, -0.25) is 14.4 Å². The third-order valence-corrected chi connectivity index (χ3v) is 8.28. The van der Waals surface area contributed by atoms with Gasteiger partial charge in [0.2, 0.25) is 0 Å². The van der Waals surface area contributed by atoms with Crippen LogP contribution in [0.4, 0.5) is 0 Å². The highest BCUT2D eigenvalue weighted by Gasteiger charge is 2.61. The first kappa shape index (κ1) is 17.0. The molecule has 0 amide bonds. The number of carbonyl (C=O) groups is 3. The lowest BCUT2D eigenvalue weighted by atomic mass is 9.44. The highest BCUT2D eigenvalue weighted by molar-refractivity contribution is 5.95. The van der Waals surface area contributed by atoms with Gasteiger partial charge in [0.05, 0.1) is 6.42 Å². The minimum atomic E-state index is -0.972. The van der Waals surface area contributed by atoms with E-state index in [0.29, 0.717) is 42.0 Å². The zero-order chi connectivity index (χ0) is 18.0. The largest absolute Gasteiger partial charge is 0.481 e. The molecule has 0 heterocycles. The van der Waals surface area contributed by atoms with E-state index in [-0.39, 0.29) is 22.5 Å². The minimum Gasteiger partial charge on any atom is -0.481 e. The maximum Gasteiger partial charge on any atom is 0.311 e. The number of Topliss-reactive ketones (excluding diaryl/α,β-unsaturated/α-hetero) is 1. The fraction of sp³-hybridized carbons (Fsp3) is 0.714. The number of hydrogen-bond donors (Lipinski definition) is 1. The highest BCUT2D eigenvalue weighted by Crippen LogP contribution is 2.65. The lowest BCUT2D eigenvalue weighted by Gasteiger charge is -2.59. The Balaban J connectivity index is 1.73. The Morgan fingerprint density at radius 1 is 1.16 bits per heavy atom. The van der Waals surface area contributed by atoms with E-state index in [4.69, 9.17) is 0 Å². The predicted octanol–water partition coefficient (Wildman–Crippen LogP) is 3.60. The molecule has 4 aliphatic rings. The Labute approximate surface area is 149 Å². The van der Waals surface area contributed by atoms with Gasteiger partial charge in [-0.15, -0.1) is 0 Å². The summed E-state index contributed by atoms with van der Waals surface area (Å²) in [4.78, 5) is 36.0. The van der Waals surface area contributed by atoms with Gasteiger partial charge >= 0.3 is 5.97 Å². The Morgan fingerprint density at radius 3 is 2.64 bits per heavy atom. The molecule has 0 bridgehead atoms. The van der Waals surface area contributed by atoms with Gasteiger partial charge in [-0.2, -0.15) is 0 Å². The molecule has 4 rings (SSSR count). The number of rotatable bonds is 2. The fourth-order valence-electron chi connectivity index (χ4n) is 6.93. The lowest BCUT2D eigenvalue weighted by Crippen LogP contribution is -2.54. The average Bonchev–Trinajstić information content (AvgIpc) is 2.84. The second kappa shape index (κ2) is 5.52. The summed E-state index contributed by atoms with van der Waals surface area (Å²) in [7, 11) is 0. The zero-order valence-corrected chi connectivity index (χ0v) is 15.1. The van der Waals surface area contributed by atoms with Crippen LogP contribution in [0.1, 0.15) is 58.8 Å². The molecule has 4 heteroatoms. The predicted molar refractivity (Wildman–Crippen MR) is 92.5 cm³/mol. The third kappa shape index (κ3) is 2.29. The van der Waals surface area contributed by atoms with Crippen LogP contribution in [-0.2, 0) is 14.4 Å². The maximum atomic E-state index is 12.5. The van der Waals surface area contributed by atoms with Crippen LogP contribution in [0.3, 0.4) is 0 Å². The maximum absolute atomic E-state index is 12.5. The quantitative estimate of drug-likeness (QED) is 0.831.